The van der Waals surface area contributed by atoms with E-state index >= 15 is 0 Å². The molecule has 0 bridgehead atoms. The predicted molar refractivity (Wildman–Crippen MR) is 84.9 cm³/mol. The van der Waals surface area contributed by atoms with Crippen molar-refractivity contribution in [1.29, 1.82) is 0 Å². The molecule has 0 aliphatic heterocycles. The van der Waals surface area contributed by atoms with Crippen LogP contribution in [-0.4, -0.2) is 22.4 Å². The van der Waals surface area contributed by atoms with Crippen LogP contribution in [0.25, 0.3) is 0 Å². The molecule has 0 unspecified atom stereocenters. The molecule has 0 saturated heterocycles. The molecule has 0 saturated carbocycles. The van der Waals surface area contributed by atoms with Crippen LogP contribution < -0.4 is 16.6 Å². The molecule has 6 nitrogen and oxygen atoms in total. The van der Waals surface area contributed by atoms with E-state index in [4.69, 9.17) is 5.84 Å². The third kappa shape index (κ3) is 4.39. The van der Waals surface area contributed by atoms with Crippen molar-refractivity contribution in [1.82, 2.24) is 15.3 Å². The first-order valence-corrected chi connectivity index (χ1v) is 7.30. The maximum absolute atomic E-state index is 12.4. The molecule has 1 aromatic heterocycles. The van der Waals surface area contributed by atoms with Crippen molar-refractivity contribution in [2.24, 2.45) is 17.2 Å². The van der Waals surface area contributed by atoms with Gasteiger partial charge < -0.3 is 10.7 Å². The molecule has 1 aromatic rings. The molecular weight excluding hydrogens is 266 g/mol. The quantitative estimate of drug-likeness (QED) is 0.553. The Morgan fingerprint density at radius 1 is 1.33 bits per heavy atom. The Kier molecular flexibility index (Phi) is 5.66. The van der Waals surface area contributed by atoms with Gasteiger partial charge >= 0.3 is 0 Å². The average Bonchev–Trinajstić information content (AvgIpc) is 2.43. The van der Waals surface area contributed by atoms with E-state index in [0.29, 0.717) is 24.0 Å². The summed E-state index contributed by atoms with van der Waals surface area (Å²) in [6.07, 6.45) is 1.55. The molecule has 0 aliphatic carbocycles. The van der Waals surface area contributed by atoms with Gasteiger partial charge in [-0.25, -0.2) is 9.97 Å². The highest BCUT2D eigenvalue weighted by Gasteiger charge is 2.24. The largest absolute Gasteiger partial charge is 0.350 e. The summed E-state index contributed by atoms with van der Waals surface area (Å²) < 4.78 is 0. The van der Waals surface area contributed by atoms with Gasteiger partial charge in [0.15, 0.2) is 5.69 Å². The van der Waals surface area contributed by atoms with Gasteiger partial charge in [-0.15, -0.1) is 0 Å². The lowest BCUT2D eigenvalue weighted by atomic mass is 9.81. The Hall–Kier alpha value is -1.69. The first-order chi connectivity index (χ1) is 9.69. The van der Waals surface area contributed by atoms with Crippen LogP contribution >= 0.6 is 0 Å². The lowest BCUT2D eigenvalue weighted by Crippen LogP contribution is -2.37. The van der Waals surface area contributed by atoms with Crippen molar-refractivity contribution >= 4 is 11.6 Å². The number of nitrogens with two attached hydrogens (primary N) is 1. The van der Waals surface area contributed by atoms with Crippen LogP contribution in [-0.2, 0) is 0 Å². The second kappa shape index (κ2) is 6.85. The van der Waals surface area contributed by atoms with E-state index in [1.54, 1.807) is 6.20 Å². The molecule has 0 spiro atoms. The zero-order valence-electron chi connectivity index (χ0n) is 13.8. The Morgan fingerprint density at radius 3 is 2.43 bits per heavy atom. The van der Waals surface area contributed by atoms with E-state index in [-0.39, 0.29) is 22.9 Å². The summed E-state index contributed by atoms with van der Waals surface area (Å²) in [5.41, 5.74) is 3.21. The Balaban J connectivity index is 2.93. The smallest absolute Gasteiger partial charge is 0.272 e. The molecule has 0 radical (unpaired) electrons. The molecule has 21 heavy (non-hydrogen) atoms. The maximum Gasteiger partial charge on any atom is 0.272 e. The highest BCUT2D eigenvalue weighted by atomic mass is 16.1. The van der Waals surface area contributed by atoms with Crippen LogP contribution in [0.1, 0.15) is 63.8 Å². The number of carbonyl (C=O) groups is 1. The van der Waals surface area contributed by atoms with E-state index in [9.17, 15) is 4.79 Å². The van der Waals surface area contributed by atoms with Crippen molar-refractivity contribution in [2.75, 3.05) is 12.0 Å². The van der Waals surface area contributed by atoms with E-state index < -0.39 is 0 Å². The fourth-order valence-electron chi connectivity index (χ4n) is 1.55. The molecule has 1 heterocycles. The minimum Gasteiger partial charge on any atom is -0.350 e. The topological polar surface area (TPSA) is 92.9 Å². The van der Waals surface area contributed by atoms with Gasteiger partial charge in [0.2, 0.25) is 0 Å². The van der Waals surface area contributed by atoms with Crippen molar-refractivity contribution in [2.45, 2.75) is 47.5 Å². The van der Waals surface area contributed by atoms with Gasteiger partial charge in [0.1, 0.15) is 5.82 Å². The monoisotopic (exact) mass is 293 g/mol. The van der Waals surface area contributed by atoms with Gasteiger partial charge in [-0.3, -0.25) is 10.6 Å². The van der Waals surface area contributed by atoms with Crippen LogP contribution in [0.15, 0.2) is 6.20 Å². The summed E-state index contributed by atoms with van der Waals surface area (Å²) in [6, 6.07) is 0. The number of nitrogens with zero attached hydrogens (tertiary/aromatic N) is 2. The Morgan fingerprint density at radius 2 is 1.95 bits per heavy atom. The second-order valence-electron chi connectivity index (χ2n) is 6.62. The number of aromatic nitrogens is 2. The molecule has 0 aliphatic rings. The van der Waals surface area contributed by atoms with Crippen LogP contribution in [0.3, 0.4) is 0 Å². The van der Waals surface area contributed by atoms with Gasteiger partial charge in [0, 0.05) is 12.5 Å². The van der Waals surface area contributed by atoms with Crippen molar-refractivity contribution in [3.8, 4) is 0 Å². The normalized spacial score (nSPS) is 11.9. The van der Waals surface area contributed by atoms with Crippen molar-refractivity contribution in [3.05, 3.63) is 17.7 Å². The van der Waals surface area contributed by atoms with E-state index in [1.807, 2.05) is 13.8 Å². The van der Waals surface area contributed by atoms with Crippen LogP contribution in [0.5, 0.6) is 0 Å². The summed E-state index contributed by atoms with van der Waals surface area (Å²) in [6.45, 7) is 13.1. The number of rotatable bonds is 6. The number of hydrogen-bond acceptors (Lipinski definition) is 5. The summed E-state index contributed by atoms with van der Waals surface area (Å²) in [7, 11) is 0. The summed E-state index contributed by atoms with van der Waals surface area (Å²) >= 11 is 0. The van der Waals surface area contributed by atoms with Crippen molar-refractivity contribution in [3.63, 3.8) is 0 Å². The average molecular weight is 293 g/mol. The predicted octanol–water partition coefficient (Wildman–Crippen LogP) is 2.30. The van der Waals surface area contributed by atoms with Crippen LogP contribution in [0.4, 0.5) is 5.69 Å². The zero-order valence-corrected chi connectivity index (χ0v) is 13.8. The molecule has 1 amide bonds. The molecule has 0 atom stereocenters. The fraction of sp³-hybridized carbons (Fsp3) is 0.667. The lowest BCUT2D eigenvalue weighted by Gasteiger charge is -2.29. The van der Waals surface area contributed by atoms with Crippen molar-refractivity contribution < 1.29 is 4.79 Å². The first kappa shape index (κ1) is 17.4. The number of nitrogens with one attached hydrogen (secondary N) is 2. The number of carbonyl (C=O) groups excluding carboxylic acids is 1. The summed E-state index contributed by atoms with van der Waals surface area (Å²) in [5, 5.41) is 2.94. The van der Waals surface area contributed by atoms with Gasteiger partial charge in [-0.2, -0.15) is 0 Å². The highest BCUT2D eigenvalue weighted by Crippen LogP contribution is 2.25. The molecular formula is C15H27N5O. The Labute approximate surface area is 126 Å². The molecule has 6 heteroatoms. The molecule has 118 valence electrons. The third-order valence-corrected chi connectivity index (χ3v) is 3.96. The van der Waals surface area contributed by atoms with Gasteiger partial charge in [0.25, 0.3) is 5.91 Å². The lowest BCUT2D eigenvalue weighted by molar-refractivity contribution is 0.0920. The minimum atomic E-state index is -0.235. The van der Waals surface area contributed by atoms with Crippen LogP contribution in [0, 0.1) is 11.3 Å². The van der Waals surface area contributed by atoms with E-state index in [1.165, 1.54) is 0 Å². The van der Waals surface area contributed by atoms with E-state index in [0.717, 1.165) is 0 Å². The number of hydrogen-bond donors (Lipinski definition) is 3. The Bertz CT molecular complexity index is 497. The van der Waals surface area contributed by atoms with Gasteiger partial charge in [0.05, 0.1) is 11.9 Å². The van der Waals surface area contributed by atoms with Gasteiger partial charge in [-0.05, 0) is 11.3 Å². The standard InChI is InChI=1S/C15H27N5O/c1-9(2)13-17-7-11(20-16)12(19-13)14(21)18-8-15(5,6)10(3)4/h7,9-10,20H,8,16H2,1-6H3,(H,18,21). The maximum atomic E-state index is 12.4. The van der Waals surface area contributed by atoms with E-state index in [2.05, 4.69) is 48.4 Å². The molecule has 0 aromatic carbocycles. The minimum absolute atomic E-state index is 0.0138. The molecule has 1 rings (SSSR count). The second-order valence-corrected chi connectivity index (χ2v) is 6.62. The number of hydrazine groups is 1. The summed E-state index contributed by atoms with van der Waals surface area (Å²) in [4.78, 5) is 20.9. The SMILES string of the molecule is CC(C)c1ncc(NN)c(C(=O)NCC(C)(C)C(C)C)n1. The summed E-state index contributed by atoms with van der Waals surface area (Å²) in [5.74, 6) is 6.44. The molecule has 0 fully saturated rings. The highest BCUT2D eigenvalue weighted by molar-refractivity contribution is 5.97. The van der Waals surface area contributed by atoms with Gasteiger partial charge in [-0.1, -0.05) is 41.5 Å². The zero-order chi connectivity index (χ0) is 16.2. The number of amides is 1. The first-order valence-electron chi connectivity index (χ1n) is 7.30. The third-order valence-electron chi connectivity index (χ3n) is 3.96. The molecule has 4 N–H and O–H groups in total. The number of anilines is 1. The fourth-order valence-corrected chi connectivity index (χ4v) is 1.55. The van der Waals surface area contributed by atoms with Crippen LogP contribution in [0.2, 0.25) is 0 Å². The number of nitrogen functional groups attached to an aromatic ring is 1.